The van der Waals surface area contributed by atoms with Gasteiger partial charge in [0.2, 0.25) is 0 Å². The molecule has 0 unspecified atom stereocenters. The van der Waals surface area contributed by atoms with Crippen molar-refractivity contribution in [2.45, 2.75) is 30.2 Å². The predicted octanol–water partition coefficient (Wildman–Crippen LogP) is 4.30. The molecule has 0 bridgehead atoms. The molecule has 1 aliphatic rings. The number of thiophene rings is 1. The topological polar surface area (TPSA) is 69.3 Å². The van der Waals surface area contributed by atoms with Gasteiger partial charge in [0.1, 0.15) is 4.83 Å². The van der Waals surface area contributed by atoms with Crippen LogP contribution >= 0.6 is 34.4 Å². The van der Waals surface area contributed by atoms with E-state index >= 15 is 0 Å². The maximum Gasteiger partial charge on any atom is 0.267 e. The molecule has 4 aromatic heterocycles. The van der Waals surface area contributed by atoms with Gasteiger partial charge in [0, 0.05) is 28.3 Å². The van der Waals surface area contributed by atoms with E-state index in [4.69, 9.17) is 4.98 Å². The second kappa shape index (κ2) is 7.44. The van der Waals surface area contributed by atoms with Crippen LogP contribution in [0, 0.1) is 0 Å². The molecule has 0 saturated carbocycles. The summed E-state index contributed by atoms with van der Waals surface area (Å²) in [6, 6.07) is 11.2. The summed E-state index contributed by atoms with van der Waals surface area (Å²) < 4.78 is 3.24. The number of rotatable bonds is 4. The minimum absolute atomic E-state index is 0.0140. The number of aromatic nitrogens is 4. The summed E-state index contributed by atoms with van der Waals surface area (Å²) in [5, 5.41) is 3.23. The van der Waals surface area contributed by atoms with Crippen molar-refractivity contribution in [3.8, 4) is 5.69 Å². The van der Waals surface area contributed by atoms with Crippen molar-refractivity contribution >= 4 is 49.6 Å². The van der Waals surface area contributed by atoms with Crippen molar-refractivity contribution in [2.75, 3.05) is 0 Å². The van der Waals surface area contributed by atoms with E-state index in [2.05, 4.69) is 4.98 Å². The van der Waals surface area contributed by atoms with E-state index < -0.39 is 0 Å². The molecule has 6 rings (SSSR count). The van der Waals surface area contributed by atoms with Crippen LogP contribution < -0.4 is 11.1 Å². The Hall–Kier alpha value is -2.75. The number of nitrogens with zero attached hydrogens (tertiary/aromatic N) is 4. The lowest BCUT2D eigenvalue weighted by Crippen LogP contribution is -2.22. The highest BCUT2D eigenvalue weighted by molar-refractivity contribution is 7.98. The third kappa shape index (κ3) is 3.15. The standard InChI is InChI=1S/C22H16N4O2S3/c27-17-11-13(23-21-25(17)9-10-29-21)12-30-22-24-19-18(15-7-4-8-16(15)31-19)20(28)26(22)14-5-2-1-3-6-14/h1-3,5-6,9-11H,4,7-8,12H2. The number of aryl methyl sites for hydroxylation is 2. The van der Waals surface area contributed by atoms with Crippen molar-refractivity contribution < 1.29 is 0 Å². The van der Waals surface area contributed by atoms with Crippen LogP contribution in [-0.2, 0) is 18.6 Å². The minimum Gasteiger partial charge on any atom is -0.269 e. The zero-order valence-electron chi connectivity index (χ0n) is 16.3. The first-order valence-corrected chi connectivity index (χ1v) is 12.6. The van der Waals surface area contributed by atoms with E-state index in [9.17, 15) is 9.59 Å². The molecule has 9 heteroatoms. The van der Waals surface area contributed by atoms with Crippen LogP contribution in [0.2, 0.25) is 0 Å². The molecule has 0 spiro atoms. The van der Waals surface area contributed by atoms with Crippen LogP contribution in [0.15, 0.2) is 62.7 Å². The van der Waals surface area contributed by atoms with Gasteiger partial charge in [-0.05, 0) is 37.0 Å². The van der Waals surface area contributed by atoms with Crippen molar-refractivity contribution in [1.82, 2.24) is 18.9 Å². The maximum atomic E-state index is 13.6. The molecule has 6 nitrogen and oxygen atoms in total. The fourth-order valence-corrected chi connectivity index (χ4v) is 6.97. The van der Waals surface area contributed by atoms with Gasteiger partial charge < -0.3 is 0 Å². The van der Waals surface area contributed by atoms with Gasteiger partial charge in [-0.2, -0.15) is 0 Å². The average molecular weight is 465 g/mol. The highest BCUT2D eigenvalue weighted by Gasteiger charge is 2.24. The molecule has 1 aromatic carbocycles. The van der Waals surface area contributed by atoms with Crippen LogP contribution in [0.1, 0.15) is 22.6 Å². The van der Waals surface area contributed by atoms with Crippen LogP contribution in [-0.4, -0.2) is 18.9 Å². The lowest BCUT2D eigenvalue weighted by molar-refractivity contribution is 0.819. The molecule has 0 radical (unpaired) electrons. The highest BCUT2D eigenvalue weighted by Crippen LogP contribution is 2.36. The van der Waals surface area contributed by atoms with Gasteiger partial charge in [0.05, 0.1) is 16.8 Å². The van der Waals surface area contributed by atoms with Crippen molar-refractivity contribution in [1.29, 1.82) is 0 Å². The lowest BCUT2D eigenvalue weighted by Gasteiger charge is -2.12. The van der Waals surface area contributed by atoms with Crippen LogP contribution in [0.25, 0.3) is 20.9 Å². The molecule has 0 fully saturated rings. The summed E-state index contributed by atoms with van der Waals surface area (Å²) in [5.41, 5.74) is 2.54. The number of hydrogen-bond donors (Lipinski definition) is 0. The van der Waals surface area contributed by atoms with Crippen molar-refractivity contribution in [3.05, 3.63) is 84.8 Å². The highest BCUT2D eigenvalue weighted by atomic mass is 32.2. The van der Waals surface area contributed by atoms with Gasteiger partial charge in [-0.3, -0.25) is 18.6 Å². The normalized spacial score (nSPS) is 13.3. The van der Waals surface area contributed by atoms with E-state index in [1.165, 1.54) is 37.9 Å². The first kappa shape index (κ1) is 19.0. The zero-order chi connectivity index (χ0) is 20.9. The van der Waals surface area contributed by atoms with Crippen LogP contribution in [0.5, 0.6) is 0 Å². The molecule has 0 atom stereocenters. The molecule has 0 N–H and O–H groups in total. The van der Waals surface area contributed by atoms with Gasteiger partial charge in [0.15, 0.2) is 10.1 Å². The molecule has 0 aliphatic heterocycles. The van der Waals surface area contributed by atoms with Crippen molar-refractivity contribution in [3.63, 3.8) is 0 Å². The molecule has 154 valence electrons. The Morgan fingerprint density at radius 2 is 1.97 bits per heavy atom. The predicted molar refractivity (Wildman–Crippen MR) is 126 cm³/mol. The van der Waals surface area contributed by atoms with Crippen molar-refractivity contribution in [2.24, 2.45) is 0 Å². The summed E-state index contributed by atoms with van der Waals surface area (Å²) >= 11 is 4.51. The molecule has 4 heterocycles. The maximum absolute atomic E-state index is 13.6. The lowest BCUT2D eigenvalue weighted by atomic mass is 10.2. The molecule has 5 aromatic rings. The third-order valence-corrected chi connectivity index (χ3v) is 8.34. The van der Waals surface area contributed by atoms with Crippen LogP contribution in [0.4, 0.5) is 0 Å². The largest absolute Gasteiger partial charge is 0.269 e. The number of hydrogen-bond acceptors (Lipinski definition) is 7. The Kier molecular flexibility index (Phi) is 4.55. The fraction of sp³-hybridized carbons (Fsp3) is 0.182. The SMILES string of the molecule is O=c1c2c3c(sc2nc(SCc2cc(=O)n4ccsc4n2)n1-c1ccccc1)CCC3. The third-order valence-electron chi connectivity index (χ3n) is 5.43. The molecule has 0 amide bonds. The summed E-state index contributed by atoms with van der Waals surface area (Å²) in [6.07, 6.45) is 4.80. The number of benzene rings is 1. The zero-order valence-corrected chi connectivity index (χ0v) is 18.7. The Balaban J connectivity index is 1.48. The molecule has 0 saturated heterocycles. The molecule has 31 heavy (non-hydrogen) atoms. The van der Waals surface area contributed by atoms with E-state index in [1.807, 2.05) is 35.7 Å². The van der Waals surface area contributed by atoms with E-state index in [1.54, 1.807) is 28.2 Å². The number of thioether (sulfide) groups is 1. The Morgan fingerprint density at radius 1 is 1.10 bits per heavy atom. The van der Waals surface area contributed by atoms with Crippen LogP contribution in [0.3, 0.4) is 0 Å². The van der Waals surface area contributed by atoms with Gasteiger partial charge in [-0.1, -0.05) is 30.0 Å². The summed E-state index contributed by atoms with van der Waals surface area (Å²) in [5.74, 6) is 0.458. The average Bonchev–Trinajstić information content (AvgIpc) is 3.48. The number of fused-ring (bicyclic) bond motifs is 4. The Bertz CT molecular complexity index is 1560. The summed E-state index contributed by atoms with van der Waals surface area (Å²) in [7, 11) is 0. The second-order valence-corrected chi connectivity index (χ2v) is 10.2. The minimum atomic E-state index is -0.0969. The van der Waals surface area contributed by atoms with Gasteiger partial charge in [-0.15, -0.1) is 22.7 Å². The first-order valence-electron chi connectivity index (χ1n) is 9.90. The monoisotopic (exact) mass is 464 g/mol. The van der Waals surface area contributed by atoms with Gasteiger partial charge in [-0.25, -0.2) is 9.97 Å². The molecular weight excluding hydrogens is 448 g/mol. The van der Waals surface area contributed by atoms with Gasteiger partial charge >= 0.3 is 0 Å². The Labute approximate surface area is 188 Å². The van der Waals surface area contributed by atoms with E-state index in [0.29, 0.717) is 21.6 Å². The number of para-hydroxylation sites is 1. The summed E-state index contributed by atoms with van der Waals surface area (Å²) in [6.45, 7) is 0. The van der Waals surface area contributed by atoms with Gasteiger partial charge in [0.25, 0.3) is 11.1 Å². The number of thiazole rings is 1. The quantitative estimate of drug-likeness (QED) is 0.293. The Morgan fingerprint density at radius 3 is 2.84 bits per heavy atom. The second-order valence-electron chi connectivity index (χ2n) is 7.34. The van der Waals surface area contributed by atoms with E-state index in [0.717, 1.165) is 35.2 Å². The summed E-state index contributed by atoms with van der Waals surface area (Å²) in [4.78, 5) is 38.2. The molecular formula is C22H16N4O2S3. The smallest absolute Gasteiger partial charge is 0.267 e. The molecule has 1 aliphatic carbocycles. The fourth-order valence-electron chi connectivity index (χ4n) is 4.03. The van der Waals surface area contributed by atoms with E-state index in [-0.39, 0.29) is 11.1 Å². The first-order chi connectivity index (χ1) is 15.2.